The maximum Gasteiger partial charge on any atom is 0.190 e. The maximum atomic E-state index is 12.3. The molecule has 4 aliphatic carbocycles. The molecule has 1 unspecified atom stereocenters. The Morgan fingerprint density at radius 1 is 1.24 bits per heavy atom. The highest BCUT2D eigenvalue weighted by molar-refractivity contribution is 5.89. The molecule has 4 aliphatic rings. The highest BCUT2D eigenvalue weighted by atomic mass is 16.3. The first kappa shape index (κ1) is 17.4. The molecule has 0 saturated heterocycles. The highest BCUT2D eigenvalue weighted by Gasteiger charge is 2.64. The first-order chi connectivity index (χ1) is 11.8. The Balaban J connectivity index is 1.71. The van der Waals surface area contributed by atoms with Gasteiger partial charge in [-0.05, 0) is 61.7 Å². The number of hydrogen-bond acceptors (Lipinski definition) is 4. The molecular formula is C21H30O4. The summed E-state index contributed by atoms with van der Waals surface area (Å²) in [6.07, 6.45) is 8.78. The lowest BCUT2D eigenvalue weighted by atomic mass is 9.48. The van der Waals surface area contributed by atoms with Crippen molar-refractivity contribution in [3.05, 3.63) is 11.6 Å². The zero-order chi connectivity index (χ0) is 18.0. The largest absolute Gasteiger partial charge is 0.388 e. The van der Waals surface area contributed by atoms with E-state index in [0.29, 0.717) is 42.8 Å². The van der Waals surface area contributed by atoms with Gasteiger partial charge in [-0.15, -0.1) is 0 Å². The van der Waals surface area contributed by atoms with E-state index in [-0.39, 0.29) is 5.41 Å². The van der Waals surface area contributed by atoms with Crippen LogP contribution in [0, 0.1) is 28.6 Å². The molecule has 4 nitrogen and oxygen atoms in total. The van der Waals surface area contributed by atoms with Crippen molar-refractivity contribution >= 4 is 11.6 Å². The first-order valence-electron chi connectivity index (χ1n) is 9.85. The van der Waals surface area contributed by atoms with Gasteiger partial charge in [-0.2, -0.15) is 0 Å². The number of Topliss-reactive ketones (excluding diaryl/α,β-unsaturated/α-hetero) is 2. The van der Waals surface area contributed by atoms with Gasteiger partial charge in [-0.25, -0.2) is 0 Å². The van der Waals surface area contributed by atoms with Crippen LogP contribution in [0.1, 0.15) is 65.2 Å². The molecule has 3 fully saturated rings. The second-order valence-electron chi connectivity index (χ2n) is 9.41. The van der Waals surface area contributed by atoms with E-state index in [2.05, 4.69) is 13.0 Å². The second kappa shape index (κ2) is 5.50. The SMILES string of the molecule is C[C@]12CC=C3[C@@H](CCC4CC(=O)CC[C@]34C)[C@@H]1CC[C@]2(O)C(=O)CO. The molecule has 0 aromatic carbocycles. The predicted octanol–water partition coefficient (Wildman–Crippen LogP) is 2.81. The summed E-state index contributed by atoms with van der Waals surface area (Å²) in [6, 6.07) is 0. The van der Waals surface area contributed by atoms with Crippen LogP contribution in [0.3, 0.4) is 0 Å². The lowest BCUT2D eigenvalue weighted by Gasteiger charge is -2.56. The van der Waals surface area contributed by atoms with E-state index in [1.54, 1.807) is 0 Å². The predicted molar refractivity (Wildman–Crippen MR) is 93.8 cm³/mol. The van der Waals surface area contributed by atoms with Crippen molar-refractivity contribution in [2.45, 2.75) is 70.8 Å². The third-order valence-corrected chi connectivity index (χ3v) is 8.60. The lowest BCUT2D eigenvalue weighted by molar-refractivity contribution is -0.156. The average molecular weight is 346 g/mol. The Morgan fingerprint density at radius 3 is 2.72 bits per heavy atom. The fourth-order valence-corrected chi connectivity index (χ4v) is 6.92. The number of carbonyl (C=O) groups is 2. The van der Waals surface area contributed by atoms with Crippen LogP contribution in [0.2, 0.25) is 0 Å². The molecule has 0 amide bonds. The Labute approximate surface area is 149 Å². The topological polar surface area (TPSA) is 74.6 Å². The maximum absolute atomic E-state index is 12.3. The molecule has 25 heavy (non-hydrogen) atoms. The van der Waals surface area contributed by atoms with E-state index in [1.807, 2.05) is 6.92 Å². The van der Waals surface area contributed by atoms with Crippen LogP contribution in [0.5, 0.6) is 0 Å². The second-order valence-corrected chi connectivity index (χ2v) is 9.41. The van der Waals surface area contributed by atoms with Gasteiger partial charge in [0, 0.05) is 18.3 Å². The summed E-state index contributed by atoms with van der Waals surface area (Å²) in [7, 11) is 0. The van der Waals surface area contributed by atoms with Gasteiger partial charge in [0.2, 0.25) is 0 Å². The third-order valence-electron chi connectivity index (χ3n) is 8.60. The van der Waals surface area contributed by atoms with Crippen molar-refractivity contribution < 1.29 is 19.8 Å². The number of hydrogen-bond donors (Lipinski definition) is 2. The van der Waals surface area contributed by atoms with Gasteiger partial charge in [0.05, 0.1) is 0 Å². The summed E-state index contributed by atoms with van der Waals surface area (Å²) in [4.78, 5) is 24.3. The van der Waals surface area contributed by atoms with Crippen molar-refractivity contribution in [2.75, 3.05) is 6.61 Å². The molecule has 0 radical (unpaired) electrons. The van der Waals surface area contributed by atoms with Crippen molar-refractivity contribution in [1.29, 1.82) is 0 Å². The molecule has 138 valence electrons. The van der Waals surface area contributed by atoms with Crippen molar-refractivity contribution in [3.8, 4) is 0 Å². The molecule has 0 bridgehead atoms. The molecule has 6 atom stereocenters. The van der Waals surface area contributed by atoms with Gasteiger partial charge < -0.3 is 10.2 Å². The molecule has 0 aliphatic heterocycles. The number of allylic oxidation sites excluding steroid dienone is 2. The van der Waals surface area contributed by atoms with Crippen molar-refractivity contribution in [2.24, 2.45) is 28.6 Å². The minimum Gasteiger partial charge on any atom is -0.388 e. The summed E-state index contributed by atoms with van der Waals surface area (Å²) in [5.74, 6) is 1.15. The molecule has 0 spiro atoms. The standard InChI is InChI=1S/C21H30O4/c1-19-8-5-14(23)11-13(19)3-4-15-16(19)6-9-20(2)17(15)7-10-21(20,25)18(24)12-22/h6,13,15,17,22,25H,3-5,7-12H2,1-2H3/t13?,15-,17+,19+,20+,21+/m1/s1. The Hall–Kier alpha value is -1.00. The van der Waals surface area contributed by atoms with Gasteiger partial charge in [0.15, 0.2) is 5.78 Å². The molecule has 4 rings (SSSR count). The van der Waals surface area contributed by atoms with E-state index >= 15 is 0 Å². The molecule has 2 N–H and O–H groups in total. The number of rotatable bonds is 2. The fraction of sp³-hybridized carbons (Fsp3) is 0.810. The third kappa shape index (κ3) is 2.13. The lowest BCUT2D eigenvalue weighted by Crippen LogP contribution is -2.56. The molecule has 0 heterocycles. The van der Waals surface area contributed by atoms with E-state index in [0.717, 1.165) is 32.1 Å². The van der Waals surface area contributed by atoms with Gasteiger partial charge in [-0.3, -0.25) is 9.59 Å². The number of ketones is 2. The van der Waals surface area contributed by atoms with Crippen molar-refractivity contribution in [1.82, 2.24) is 0 Å². The average Bonchev–Trinajstić information content (AvgIpc) is 2.87. The number of fused-ring (bicyclic) bond motifs is 5. The smallest absolute Gasteiger partial charge is 0.190 e. The van der Waals surface area contributed by atoms with Crippen LogP contribution in [0.25, 0.3) is 0 Å². The van der Waals surface area contributed by atoms with Crippen LogP contribution < -0.4 is 0 Å². The number of aliphatic hydroxyl groups is 2. The van der Waals surface area contributed by atoms with E-state index in [9.17, 15) is 19.8 Å². The van der Waals surface area contributed by atoms with Gasteiger partial charge >= 0.3 is 0 Å². The Kier molecular flexibility index (Phi) is 3.83. The quantitative estimate of drug-likeness (QED) is 0.754. The van der Waals surface area contributed by atoms with Crippen LogP contribution in [0.4, 0.5) is 0 Å². The number of carbonyl (C=O) groups excluding carboxylic acids is 2. The summed E-state index contributed by atoms with van der Waals surface area (Å²) in [5.41, 5.74) is -0.261. The fourth-order valence-electron chi connectivity index (χ4n) is 6.92. The van der Waals surface area contributed by atoms with Crippen LogP contribution in [-0.2, 0) is 9.59 Å². The number of aliphatic hydroxyl groups excluding tert-OH is 1. The molecule has 0 aromatic heterocycles. The minimum absolute atomic E-state index is 0.111. The molecule has 3 saturated carbocycles. The molecule has 4 heteroatoms. The minimum atomic E-state index is -1.39. The van der Waals surface area contributed by atoms with Gasteiger partial charge in [0.1, 0.15) is 18.0 Å². The molecule has 0 aromatic rings. The van der Waals surface area contributed by atoms with Gasteiger partial charge in [0.25, 0.3) is 0 Å². The summed E-state index contributed by atoms with van der Waals surface area (Å²) < 4.78 is 0. The Bertz CT molecular complexity index is 652. The molecular weight excluding hydrogens is 316 g/mol. The normalized spacial score (nSPS) is 49.0. The zero-order valence-electron chi connectivity index (χ0n) is 15.4. The van der Waals surface area contributed by atoms with Crippen LogP contribution >= 0.6 is 0 Å². The monoisotopic (exact) mass is 346 g/mol. The van der Waals surface area contributed by atoms with Crippen LogP contribution in [0.15, 0.2) is 11.6 Å². The van der Waals surface area contributed by atoms with Crippen molar-refractivity contribution in [3.63, 3.8) is 0 Å². The van der Waals surface area contributed by atoms with Gasteiger partial charge in [-0.1, -0.05) is 25.5 Å². The van der Waals surface area contributed by atoms with E-state index < -0.39 is 23.4 Å². The van der Waals surface area contributed by atoms with E-state index in [4.69, 9.17) is 0 Å². The highest BCUT2D eigenvalue weighted by Crippen LogP contribution is 2.66. The summed E-state index contributed by atoms with van der Waals surface area (Å²) in [6.45, 7) is 3.80. The zero-order valence-corrected chi connectivity index (χ0v) is 15.4. The summed E-state index contributed by atoms with van der Waals surface area (Å²) >= 11 is 0. The van der Waals surface area contributed by atoms with Crippen LogP contribution in [-0.4, -0.2) is 34.0 Å². The van der Waals surface area contributed by atoms with E-state index in [1.165, 1.54) is 5.57 Å². The first-order valence-corrected chi connectivity index (χ1v) is 9.85. The summed E-state index contributed by atoms with van der Waals surface area (Å²) in [5, 5.41) is 20.5. The Morgan fingerprint density at radius 2 is 2.00 bits per heavy atom.